The number of benzene rings is 1. The minimum absolute atomic E-state index is 0.232. The van der Waals surface area contributed by atoms with E-state index in [1.807, 2.05) is 6.07 Å². The lowest BCUT2D eigenvalue weighted by Gasteiger charge is -2.30. The third-order valence-corrected chi connectivity index (χ3v) is 3.92. The lowest BCUT2D eigenvalue weighted by Crippen LogP contribution is -2.42. The highest BCUT2D eigenvalue weighted by atomic mass is 16.3. The van der Waals surface area contributed by atoms with E-state index < -0.39 is 6.10 Å². The van der Waals surface area contributed by atoms with E-state index in [9.17, 15) is 9.90 Å². The average Bonchev–Trinajstić information content (AvgIpc) is 3.07. The zero-order chi connectivity index (χ0) is 15.4. The summed E-state index contributed by atoms with van der Waals surface area (Å²) < 4.78 is 0. The average molecular weight is 300 g/mol. The molecule has 6 heteroatoms. The number of β-amino-alcohol motifs (C(OH)–C–C–N with tert-alkyl or cyclic N) is 1. The van der Waals surface area contributed by atoms with Crippen LogP contribution in [0, 0.1) is 0 Å². The number of hydrogen-bond acceptors (Lipinski definition) is 4. The number of carbonyl (C=O) groups excluding carboxylic acids is 1. The van der Waals surface area contributed by atoms with Crippen molar-refractivity contribution in [1.29, 1.82) is 0 Å². The van der Waals surface area contributed by atoms with Crippen molar-refractivity contribution in [1.82, 2.24) is 20.4 Å². The van der Waals surface area contributed by atoms with Crippen LogP contribution in [0.25, 0.3) is 0 Å². The smallest absolute Gasteiger partial charge is 0.269 e. The molecule has 1 atom stereocenters. The fourth-order valence-corrected chi connectivity index (χ4v) is 2.76. The minimum Gasteiger partial charge on any atom is -0.390 e. The first-order valence-corrected chi connectivity index (χ1v) is 7.47. The van der Waals surface area contributed by atoms with E-state index >= 15 is 0 Å². The maximum absolute atomic E-state index is 11.8. The molecule has 0 aliphatic carbocycles. The molecule has 0 radical (unpaired) electrons. The number of aromatic nitrogens is 2. The number of aliphatic hydroxyl groups excluding tert-OH is 1. The number of H-pyrrole nitrogens is 1. The number of hydrogen-bond donors (Lipinski definition) is 3. The van der Waals surface area contributed by atoms with E-state index in [0.29, 0.717) is 12.2 Å². The highest BCUT2D eigenvalue weighted by Gasteiger charge is 2.19. The lowest BCUT2D eigenvalue weighted by molar-refractivity contribution is 0.0838. The first kappa shape index (κ1) is 14.7. The van der Waals surface area contributed by atoms with Crippen LogP contribution in [0.1, 0.15) is 21.6 Å². The summed E-state index contributed by atoms with van der Waals surface area (Å²) in [6.45, 7) is 2.57. The standard InChI is InChI=1S/C16H20N4O2/c21-14(9-17-16(22)15-5-7-18-19-15)11-20-8-6-12-3-1-2-4-13(12)10-20/h1-5,7,14,21H,6,8-11H2,(H,17,22)(H,18,19). The molecule has 1 amide bonds. The Hall–Kier alpha value is -2.18. The Morgan fingerprint density at radius 2 is 2.18 bits per heavy atom. The van der Waals surface area contributed by atoms with Gasteiger partial charge in [0.2, 0.25) is 0 Å². The van der Waals surface area contributed by atoms with E-state index in [4.69, 9.17) is 0 Å². The summed E-state index contributed by atoms with van der Waals surface area (Å²) >= 11 is 0. The molecule has 1 aliphatic rings. The van der Waals surface area contributed by atoms with Crippen LogP contribution in [0.5, 0.6) is 0 Å². The molecule has 6 nitrogen and oxygen atoms in total. The van der Waals surface area contributed by atoms with Crippen LogP contribution in [0.2, 0.25) is 0 Å². The summed E-state index contributed by atoms with van der Waals surface area (Å²) in [4.78, 5) is 14.0. The van der Waals surface area contributed by atoms with Crippen LogP contribution in [0.3, 0.4) is 0 Å². The van der Waals surface area contributed by atoms with Crippen molar-refractivity contribution < 1.29 is 9.90 Å². The molecule has 1 unspecified atom stereocenters. The Balaban J connectivity index is 1.46. The Kier molecular flexibility index (Phi) is 4.50. The molecule has 0 spiro atoms. The van der Waals surface area contributed by atoms with E-state index in [0.717, 1.165) is 19.5 Å². The number of nitrogens with zero attached hydrogens (tertiary/aromatic N) is 2. The Labute approximate surface area is 129 Å². The van der Waals surface area contributed by atoms with Gasteiger partial charge in [-0.15, -0.1) is 0 Å². The number of nitrogens with one attached hydrogen (secondary N) is 2. The molecule has 1 aromatic carbocycles. The first-order chi connectivity index (χ1) is 10.7. The van der Waals surface area contributed by atoms with Gasteiger partial charge in [-0.05, 0) is 23.6 Å². The summed E-state index contributed by atoms with van der Waals surface area (Å²) in [6, 6.07) is 10.0. The quantitative estimate of drug-likeness (QED) is 0.753. The summed E-state index contributed by atoms with van der Waals surface area (Å²) in [7, 11) is 0. The zero-order valence-corrected chi connectivity index (χ0v) is 12.3. The molecule has 1 aromatic heterocycles. The molecule has 3 N–H and O–H groups in total. The largest absolute Gasteiger partial charge is 0.390 e. The van der Waals surface area contributed by atoms with Crippen molar-refractivity contribution in [2.24, 2.45) is 0 Å². The monoisotopic (exact) mass is 300 g/mol. The third-order valence-electron chi connectivity index (χ3n) is 3.92. The first-order valence-electron chi connectivity index (χ1n) is 7.47. The maximum Gasteiger partial charge on any atom is 0.269 e. The molecule has 0 fully saturated rings. The SMILES string of the molecule is O=C(NCC(O)CN1CCc2ccccc2C1)c1ccn[nH]1. The topological polar surface area (TPSA) is 81.2 Å². The van der Waals surface area contributed by atoms with Crippen LogP contribution in [0.15, 0.2) is 36.5 Å². The van der Waals surface area contributed by atoms with Crippen molar-refractivity contribution in [2.45, 2.75) is 19.1 Å². The molecule has 3 rings (SSSR count). The summed E-state index contributed by atoms with van der Waals surface area (Å²) in [5, 5.41) is 19.1. The lowest BCUT2D eigenvalue weighted by atomic mass is 10.00. The van der Waals surface area contributed by atoms with Crippen LogP contribution in [-0.2, 0) is 13.0 Å². The Bertz CT molecular complexity index is 627. The highest BCUT2D eigenvalue weighted by Crippen LogP contribution is 2.18. The van der Waals surface area contributed by atoms with Crippen LogP contribution >= 0.6 is 0 Å². The van der Waals surface area contributed by atoms with Gasteiger partial charge >= 0.3 is 0 Å². The van der Waals surface area contributed by atoms with Crippen LogP contribution in [-0.4, -0.2) is 51.8 Å². The highest BCUT2D eigenvalue weighted by molar-refractivity contribution is 5.92. The van der Waals surface area contributed by atoms with E-state index in [2.05, 4.69) is 38.6 Å². The Morgan fingerprint density at radius 1 is 1.36 bits per heavy atom. The van der Waals surface area contributed by atoms with Gasteiger partial charge in [-0.3, -0.25) is 14.8 Å². The van der Waals surface area contributed by atoms with Crippen LogP contribution < -0.4 is 5.32 Å². The maximum atomic E-state index is 11.8. The van der Waals surface area contributed by atoms with E-state index in [1.165, 1.54) is 17.3 Å². The predicted octanol–water partition coefficient (Wildman–Crippen LogP) is 0.559. The number of fused-ring (bicyclic) bond motifs is 1. The molecular formula is C16H20N4O2. The van der Waals surface area contributed by atoms with Gasteiger partial charge in [-0.1, -0.05) is 24.3 Å². The van der Waals surface area contributed by atoms with Gasteiger partial charge in [0.25, 0.3) is 5.91 Å². The zero-order valence-electron chi connectivity index (χ0n) is 12.3. The summed E-state index contributed by atoms with van der Waals surface area (Å²) in [5.41, 5.74) is 3.11. The van der Waals surface area contributed by atoms with Gasteiger partial charge in [-0.2, -0.15) is 5.10 Å². The van der Waals surface area contributed by atoms with Crippen molar-refractivity contribution in [2.75, 3.05) is 19.6 Å². The summed E-state index contributed by atoms with van der Waals surface area (Å²) in [6.07, 6.45) is 1.94. The number of amides is 1. The number of rotatable bonds is 5. The van der Waals surface area contributed by atoms with Crippen LogP contribution in [0.4, 0.5) is 0 Å². The van der Waals surface area contributed by atoms with E-state index in [-0.39, 0.29) is 12.5 Å². The predicted molar refractivity (Wildman–Crippen MR) is 82.4 cm³/mol. The van der Waals surface area contributed by atoms with Gasteiger partial charge in [0, 0.05) is 32.4 Å². The second-order valence-corrected chi connectivity index (χ2v) is 5.59. The number of aliphatic hydroxyl groups is 1. The van der Waals surface area contributed by atoms with Crippen molar-refractivity contribution in [3.63, 3.8) is 0 Å². The third kappa shape index (κ3) is 3.52. The van der Waals surface area contributed by atoms with Crippen molar-refractivity contribution in [3.8, 4) is 0 Å². The molecular weight excluding hydrogens is 280 g/mol. The second-order valence-electron chi connectivity index (χ2n) is 5.59. The molecule has 22 heavy (non-hydrogen) atoms. The molecule has 2 heterocycles. The second kappa shape index (κ2) is 6.72. The normalized spacial score (nSPS) is 16.0. The molecule has 2 aromatic rings. The number of carbonyl (C=O) groups is 1. The molecule has 0 saturated heterocycles. The van der Waals surface area contributed by atoms with Crippen molar-refractivity contribution in [3.05, 3.63) is 53.3 Å². The molecule has 0 bridgehead atoms. The van der Waals surface area contributed by atoms with Gasteiger partial charge < -0.3 is 10.4 Å². The molecule has 116 valence electrons. The van der Waals surface area contributed by atoms with Gasteiger partial charge in [-0.25, -0.2) is 0 Å². The van der Waals surface area contributed by atoms with Crippen molar-refractivity contribution >= 4 is 5.91 Å². The minimum atomic E-state index is -0.586. The van der Waals surface area contributed by atoms with Gasteiger partial charge in [0.05, 0.1) is 6.10 Å². The molecule has 0 saturated carbocycles. The fourth-order valence-electron chi connectivity index (χ4n) is 2.76. The van der Waals surface area contributed by atoms with Gasteiger partial charge in [0.15, 0.2) is 0 Å². The summed E-state index contributed by atoms with van der Waals surface area (Å²) in [5.74, 6) is -0.250. The Morgan fingerprint density at radius 3 is 2.95 bits per heavy atom. The van der Waals surface area contributed by atoms with Gasteiger partial charge in [0.1, 0.15) is 5.69 Å². The van der Waals surface area contributed by atoms with E-state index in [1.54, 1.807) is 6.07 Å². The molecule has 1 aliphatic heterocycles. The number of aromatic amines is 1. The fraction of sp³-hybridized carbons (Fsp3) is 0.375.